The van der Waals surface area contributed by atoms with E-state index in [-0.39, 0.29) is 32.3 Å². The van der Waals surface area contributed by atoms with Crippen molar-refractivity contribution in [1.82, 2.24) is 0 Å². The van der Waals surface area contributed by atoms with E-state index in [1.165, 1.54) is 12.3 Å². The van der Waals surface area contributed by atoms with Gasteiger partial charge in [0.25, 0.3) is 0 Å². The van der Waals surface area contributed by atoms with Crippen LogP contribution in [0.5, 0.6) is 0 Å². The summed E-state index contributed by atoms with van der Waals surface area (Å²) in [5.41, 5.74) is 0. The molecule has 0 unspecified atom stereocenters. The molecule has 0 saturated heterocycles. The predicted molar refractivity (Wildman–Crippen MR) is 114 cm³/mol. The van der Waals surface area contributed by atoms with Gasteiger partial charge in [-0.05, 0) is 32.9 Å². The first kappa shape index (κ1) is 28.9. The zero-order valence-corrected chi connectivity index (χ0v) is 20.8. The Labute approximate surface area is 161 Å². The molecule has 0 aliphatic heterocycles. The molecule has 0 aliphatic carbocycles. The molecule has 3 heteroatoms. The van der Waals surface area contributed by atoms with Crippen LogP contribution >= 0.6 is 15.8 Å². The summed E-state index contributed by atoms with van der Waals surface area (Å²) in [7, 11) is 0.0933. The Balaban J connectivity index is -0.00000128. The van der Waals surface area contributed by atoms with Crippen LogP contribution in [0.2, 0.25) is 0 Å². The monoisotopic (exact) mass is 404 g/mol. The van der Waals surface area contributed by atoms with Gasteiger partial charge < -0.3 is 0 Å². The Bertz CT molecular complexity index is 250. The molecular weight excluding hydrogens is 361 g/mol. The molecule has 0 fully saturated rings. The second-order valence-electron chi connectivity index (χ2n) is 9.99. The van der Waals surface area contributed by atoms with E-state index in [0.29, 0.717) is 20.6 Å². The minimum Gasteiger partial charge on any atom is -0.106 e. The van der Waals surface area contributed by atoms with Crippen LogP contribution in [-0.4, -0.2) is 32.9 Å². The molecule has 0 aliphatic rings. The molecule has 0 atom stereocenters. The maximum absolute atomic E-state index is 3.00. The van der Waals surface area contributed by atoms with Crippen LogP contribution in [0.4, 0.5) is 0 Å². The summed E-state index contributed by atoms with van der Waals surface area (Å²) in [6.07, 6.45) is 2.87. The summed E-state index contributed by atoms with van der Waals surface area (Å²) in [4.78, 5) is 0. The van der Waals surface area contributed by atoms with Crippen molar-refractivity contribution < 1.29 is 16.5 Å². The maximum atomic E-state index is 3.00. The summed E-state index contributed by atoms with van der Waals surface area (Å²) in [5.74, 6) is 0. The summed E-state index contributed by atoms with van der Waals surface area (Å²) in [6.45, 7) is 35.3. The number of hydrogen-bond donors (Lipinski definition) is 0. The minimum absolute atomic E-state index is 0. The van der Waals surface area contributed by atoms with Gasteiger partial charge in [0.1, 0.15) is 0 Å². The minimum atomic E-state index is 0. The Morgan fingerprint density at radius 2 is 0.609 bits per heavy atom. The third-order valence-corrected chi connectivity index (χ3v) is 12.0. The number of hydrogen-bond acceptors (Lipinski definition) is 0. The largest absolute Gasteiger partial charge is 0.106 e. The van der Waals surface area contributed by atoms with Gasteiger partial charge in [0.15, 0.2) is 0 Å². The first-order chi connectivity index (χ1) is 9.47. The summed E-state index contributed by atoms with van der Waals surface area (Å²) < 4.78 is 0. The summed E-state index contributed by atoms with van der Waals surface area (Å²) in [5, 5.41) is 1.85. The zero-order valence-electron chi connectivity index (χ0n) is 18.0. The van der Waals surface area contributed by atoms with Crippen molar-refractivity contribution in [2.45, 2.75) is 104 Å². The van der Waals surface area contributed by atoms with Crippen molar-refractivity contribution >= 4 is 15.8 Å². The molecule has 0 heterocycles. The summed E-state index contributed by atoms with van der Waals surface area (Å²) in [6, 6.07) is 0. The Hall–Kier alpha value is 1.09. The van der Waals surface area contributed by atoms with Crippen molar-refractivity contribution in [2.75, 3.05) is 12.3 Å². The molecule has 0 spiro atoms. The van der Waals surface area contributed by atoms with Crippen LogP contribution in [0, 0.1) is 0 Å². The smallest absolute Gasteiger partial charge is 0 e. The van der Waals surface area contributed by atoms with E-state index in [2.05, 4.69) is 96.2 Å². The average molecular weight is 405 g/mol. The first-order valence-electron chi connectivity index (χ1n) is 8.53. The molecule has 144 valence electrons. The molecule has 0 nitrogen and oxygen atoms in total. The molecule has 0 radical (unpaired) electrons. The van der Waals surface area contributed by atoms with Gasteiger partial charge in [-0.25, -0.2) is 0 Å². The third kappa shape index (κ3) is 11.3. The average Bonchev–Trinajstić information content (AvgIpc) is 2.19. The van der Waals surface area contributed by atoms with Crippen LogP contribution < -0.4 is 0 Å². The molecule has 23 heavy (non-hydrogen) atoms. The molecule has 0 aromatic carbocycles. The topological polar surface area (TPSA) is 0 Å². The predicted octanol–water partition coefficient (Wildman–Crippen LogP) is 7.94. The van der Waals surface area contributed by atoms with E-state index in [0.717, 1.165) is 0 Å². The van der Waals surface area contributed by atoms with Crippen molar-refractivity contribution in [3.8, 4) is 0 Å². The molecular formula is C20H44NiP2. The van der Waals surface area contributed by atoms with Gasteiger partial charge in [-0.3, -0.25) is 0 Å². The fraction of sp³-hybridized carbons (Fsp3) is 0.900. The molecule has 0 aromatic rings. The van der Waals surface area contributed by atoms with Gasteiger partial charge in [0, 0.05) is 16.5 Å². The van der Waals surface area contributed by atoms with E-state index in [1.807, 2.05) is 0 Å². The Morgan fingerprint density at radius 3 is 0.696 bits per heavy atom. The van der Waals surface area contributed by atoms with Crippen molar-refractivity contribution in [1.29, 1.82) is 0 Å². The van der Waals surface area contributed by atoms with Crippen LogP contribution in [0.3, 0.4) is 0 Å². The molecule has 0 rings (SSSR count). The van der Waals surface area contributed by atoms with Crippen LogP contribution in [0.25, 0.3) is 0 Å². The normalized spacial score (nSPS) is 13.5. The van der Waals surface area contributed by atoms with Crippen molar-refractivity contribution in [2.24, 2.45) is 0 Å². The Kier molecular flexibility index (Phi) is 12.9. The van der Waals surface area contributed by atoms with Gasteiger partial charge in [0.2, 0.25) is 0 Å². The van der Waals surface area contributed by atoms with Gasteiger partial charge in [-0.2, -0.15) is 0 Å². The van der Waals surface area contributed by atoms with Gasteiger partial charge in [0.05, 0.1) is 0 Å². The van der Waals surface area contributed by atoms with E-state index < -0.39 is 0 Å². The van der Waals surface area contributed by atoms with Crippen molar-refractivity contribution in [3.63, 3.8) is 0 Å². The first-order valence-corrected chi connectivity index (χ1v) is 11.6. The second kappa shape index (κ2) is 10.3. The van der Waals surface area contributed by atoms with E-state index in [9.17, 15) is 0 Å². The van der Waals surface area contributed by atoms with Crippen LogP contribution in [0.1, 0.15) is 83.1 Å². The maximum Gasteiger partial charge on any atom is 0 e. The molecule has 0 amide bonds. The van der Waals surface area contributed by atoms with Crippen LogP contribution in [0.15, 0.2) is 13.2 Å². The van der Waals surface area contributed by atoms with Crippen LogP contribution in [-0.2, 0) is 16.5 Å². The fourth-order valence-corrected chi connectivity index (χ4v) is 11.9. The van der Waals surface area contributed by atoms with E-state index in [1.54, 1.807) is 0 Å². The quantitative estimate of drug-likeness (QED) is 0.254. The van der Waals surface area contributed by atoms with Gasteiger partial charge >= 0.3 is 0 Å². The van der Waals surface area contributed by atoms with Gasteiger partial charge in [-0.1, -0.05) is 98.9 Å². The van der Waals surface area contributed by atoms with E-state index in [4.69, 9.17) is 0 Å². The molecule has 0 aromatic heterocycles. The number of rotatable bonds is 3. The SMILES string of the molecule is C=C.CC(C)(C)P(CCP(C(C)(C)C)C(C)(C)C)C(C)(C)C.[Ni]. The molecule has 0 N–H and O–H groups in total. The molecule has 0 bridgehead atoms. The molecule has 0 saturated carbocycles. The second-order valence-corrected chi connectivity index (χ2v) is 18.0. The Morgan fingerprint density at radius 1 is 0.478 bits per heavy atom. The van der Waals surface area contributed by atoms with Gasteiger partial charge in [-0.15, -0.1) is 13.2 Å². The van der Waals surface area contributed by atoms with E-state index >= 15 is 0 Å². The zero-order chi connectivity index (χ0) is 18.6. The fourth-order valence-electron chi connectivity index (χ4n) is 3.55. The standard InChI is InChI=1S/C18H40P2.C2H4.Ni/c1-15(2,3)19(16(4,5)6)13-14-20(17(7,8)9)18(10,11)12;1-2;/h13-14H2,1-12H3;1-2H2;. The summed E-state index contributed by atoms with van der Waals surface area (Å²) >= 11 is 0. The van der Waals surface area contributed by atoms with Crippen molar-refractivity contribution in [3.05, 3.63) is 13.2 Å². The third-order valence-electron chi connectivity index (χ3n) is 3.79.